The molecule has 22 heavy (non-hydrogen) atoms. The molecule has 0 atom stereocenters. The molecule has 0 radical (unpaired) electrons. The summed E-state index contributed by atoms with van der Waals surface area (Å²) in [6.07, 6.45) is -3.82. The third-order valence-electron chi connectivity index (χ3n) is 2.93. The first-order valence-electron chi connectivity index (χ1n) is 6.35. The van der Waals surface area contributed by atoms with E-state index in [1.165, 1.54) is 0 Å². The summed E-state index contributed by atoms with van der Waals surface area (Å²) >= 11 is 0.812. The molecule has 2 N–H and O–H groups in total. The second-order valence-electron chi connectivity index (χ2n) is 4.44. The highest BCUT2D eigenvalue weighted by Crippen LogP contribution is 2.29. The van der Waals surface area contributed by atoms with Crippen molar-refractivity contribution in [2.24, 2.45) is 0 Å². The molecule has 5 nitrogen and oxygen atoms in total. The molecule has 0 amide bonds. The van der Waals surface area contributed by atoms with Crippen LogP contribution in [0.4, 0.5) is 13.2 Å². The molecule has 0 aliphatic rings. The number of carbonyl (C=O) groups is 1. The lowest BCUT2D eigenvalue weighted by Crippen LogP contribution is -2.21. The van der Waals surface area contributed by atoms with Gasteiger partial charge in [-0.2, -0.15) is 13.2 Å². The minimum Gasteiger partial charge on any atom is -0.335 e. The third-order valence-corrected chi connectivity index (χ3v) is 3.88. The van der Waals surface area contributed by atoms with Crippen molar-refractivity contribution in [3.63, 3.8) is 0 Å². The minimum atomic E-state index is -4.68. The fourth-order valence-electron chi connectivity index (χ4n) is 1.71. The molecule has 0 spiro atoms. The van der Waals surface area contributed by atoms with Gasteiger partial charge in [0.2, 0.25) is 5.16 Å². The van der Waals surface area contributed by atoms with Gasteiger partial charge < -0.3 is 5.84 Å². The van der Waals surface area contributed by atoms with Gasteiger partial charge in [-0.3, -0.25) is 4.79 Å². The molecular weight excluding hydrogens is 317 g/mol. The SMILES string of the molecule is CCc1ccc(C(=O)CSc2nnc(C(F)(F)F)n2N)cc1. The number of hydrogen-bond donors (Lipinski definition) is 1. The van der Waals surface area contributed by atoms with Crippen LogP contribution < -0.4 is 5.84 Å². The van der Waals surface area contributed by atoms with Crippen LogP contribution in [-0.4, -0.2) is 26.4 Å². The van der Waals surface area contributed by atoms with Crippen molar-refractivity contribution in [3.8, 4) is 0 Å². The number of nitrogen functional groups attached to an aromatic ring is 1. The molecule has 1 aromatic carbocycles. The molecule has 0 unspecified atom stereocenters. The Balaban J connectivity index is 2.03. The van der Waals surface area contributed by atoms with Gasteiger partial charge in [-0.25, -0.2) is 4.68 Å². The maximum atomic E-state index is 12.5. The van der Waals surface area contributed by atoms with Crippen LogP contribution in [0.2, 0.25) is 0 Å². The van der Waals surface area contributed by atoms with Gasteiger partial charge in [-0.15, -0.1) is 10.2 Å². The molecule has 0 bridgehead atoms. The molecule has 0 saturated heterocycles. The Bertz CT molecular complexity index is 667. The van der Waals surface area contributed by atoms with E-state index < -0.39 is 12.0 Å². The molecular formula is C13H13F3N4OS. The summed E-state index contributed by atoms with van der Waals surface area (Å²) in [5.74, 6) is 3.71. The van der Waals surface area contributed by atoms with Crippen molar-refractivity contribution in [1.82, 2.24) is 14.9 Å². The van der Waals surface area contributed by atoms with E-state index in [0.29, 0.717) is 10.2 Å². The van der Waals surface area contributed by atoms with E-state index in [2.05, 4.69) is 10.2 Å². The summed E-state index contributed by atoms with van der Waals surface area (Å²) in [5.41, 5.74) is 1.59. The van der Waals surface area contributed by atoms with Crippen LogP contribution in [0.5, 0.6) is 0 Å². The van der Waals surface area contributed by atoms with Crippen molar-refractivity contribution in [1.29, 1.82) is 0 Å². The number of aromatic nitrogens is 3. The number of thioether (sulfide) groups is 1. The summed E-state index contributed by atoms with van der Waals surface area (Å²) in [4.78, 5) is 12.0. The smallest absolute Gasteiger partial charge is 0.335 e. The fourth-order valence-corrected chi connectivity index (χ4v) is 2.46. The van der Waals surface area contributed by atoms with Gasteiger partial charge in [-0.05, 0) is 12.0 Å². The molecule has 0 saturated carbocycles. The quantitative estimate of drug-likeness (QED) is 0.518. The van der Waals surface area contributed by atoms with Gasteiger partial charge in [0.1, 0.15) is 0 Å². The van der Waals surface area contributed by atoms with E-state index >= 15 is 0 Å². The summed E-state index contributed by atoms with van der Waals surface area (Å²) in [5, 5.41) is 6.18. The van der Waals surface area contributed by atoms with Crippen LogP contribution in [0.15, 0.2) is 29.4 Å². The van der Waals surface area contributed by atoms with Gasteiger partial charge in [0.15, 0.2) is 5.78 Å². The van der Waals surface area contributed by atoms with Gasteiger partial charge in [0.25, 0.3) is 5.82 Å². The Morgan fingerprint density at radius 1 is 1.27 bits per heavy atom. The maximum absolute atomic E-state index is 12.5. The van der Waals surface area contributed by atoms with Gasteiger partial charge in [0, 0.05) is 5.56 Å². The van der Waals surface area contributed by atoms with E-state index in [-0.39, 0.29) is 16.7 Å². The monoisotopic (exact) mass is 330 g/mol. The first-order chi connectivity index (χ1) is 10.3. The standard InChI is InChI=1S/C13H13F3N4OS/c1-2-8-3-5-9(6-4-8)10(21)7-22-12-19-18-11(20(12)17)13(14,15)16/h3-6H,2,7,17H2,1H3. The summed E-state index contributed by atoms with van der Waals surface area (Å²) in [6, 6.07) is 7.06. The Hall–Kier alpha value is -2.03. The van der Waals surface area contributed by atoms with E-state index in [9.17, 15) is 18.0 Å². The topological polar surface area (TPSA) is 73.8 Å². The number of nitrogens with two attached hydrogens (primary N) is 1. The van der Waals surface area contributed by atoms with E-state index in [4.69, 9.17) is 5.84 Å². The Labute approximate surface area is 128 Å². The number of halogens is 3. The molecule has 9 heteroatoms. The molecule has 2 aromatic rings. The van der Waals surface area contributed by atoms with Crippen LogP contribution in [0, 0.1) is 0 Å². The van der Waals surface area contributed by atoms with Crippen molar-refractivity contribution in [3.05, 3.63) is 41.2 Å². The second kappa shape index (κ2) is 6.39. The molecule has 1 aromatic heterocycles. The summed E-state index contributed by atoms with van der Waals surface area (Å²) in [6.45, 7) is 2.00. The molecule has 0 aliphatic heterocycles. The number of ketones is 1. The number of carbonyl (C=O) groups excluding carboxylic acids is 1. The van der Waals surface area contributed by atoms with Gasteiger partial charge >= 0.3 is 6.18 Å². The first kappa shape index (κ1) is 16.3. The lowest BCUT2D eigenvalue weighted by atomic mass is 10.1. The van der Waals surface area contributed by atoms with E-state index in [1.54, 1.807) is 12.1 Å². The van der Waals surface area contributed by atoms with E-state index in [0.717, 1.165) is 23.7 Å². The zero-order chi connectivity index (χ0) is 16.3. The third kappa shape index (κ3) is 3.59. The molecule has 1 heterocycles. The minimum absolute atomic E-state index is 0.0708. The average Bonchev–Trinajstić information content (AvgIpc) is 2.86. The van der Waals surface area contributed by atoms with Crippen molar-refractivity contribution in [2.75, 3.05) is 11.6 Å². The predicted molar refractivity (Wildman–Crippen MR) is 76.0 cm³/mol. The Morgan fingerprint density at radius 2 is 1.91 bits per heavy atom. The highest BCUT2D eigenvalue weighted by atomic mass is 32.2. The van der Waals surface area contributed by atoms with Gasteiger partial charge in [-0.1, -0.05) is 43.0 Å². The zero-order valence-electron chi connectivity index (χ0n) is 11.6. The van der Waals surface area contributed by atoms with Crippen LogP contribution in [0.1, 0.15) is 28.7 Å². The lowest BCUT2D eigenvalue weighted by molar-refractivity contribution is -0.146. The van der Waals surface area contributed by atoms with Gasteiger partial charge in [0.05, 0.1) is 5.75 Å². The number of alkyl halides is 3. The predicted octanol–water partition coefficient (Wildman–Crippen LogP) is 2.55. The molecule has 0 aliphatic carbocycles. The number of aryl methyl sites for hydroxylation is 1. The fraction of sp³-hybridized carbons (Fsp3) is 0.308. The number of hydrogen-bond acceptors (Lipinski definition) is 5. The number of benzene rings is 1. The molecule has 2 rings (SSSR count). The maximum Gasteiger partial charge on any atom is 0.453 e. The highest BCUT2D eigenvalue weighted by molar-refractivity contribution is 7.99. The first-order valence-corrected chi connectivity index (χ1v) is 7.34. The summed E-state index contributed by atoms with van der Waals surface area (Å²) < 4.78 is 37.9. The second-order valence-corrected chi connectivity index (χ2v) is 5.38. The van der Waals surface area contributed by atoms with Crippen LogP contribution in [-0.2, 0) is 12.6 Å². The number of Topliss-reactive ketones (excluding diaryl/α,β-unsaturated/α-hetero) is 1. The van der Waals surface area contributed by atoms with Crippen molar-refractivity contribution >= 4 is 17.5 Å². The number of rotatable bonds is 5. The number of nitrogens with zero attached hydrogens (tertiary/aromatic N) is 3. The lowest BCUT2D eigenvalue weighted by Gasteiger charge is -2.06. The van der Waals surface area contributed by atoms with Crippen molar-refractivity contribution in [2.45, 2.75) is 24.7 Å². The average molecular weight is 330 g/mol. The molecule has 0 fully saturated rings. The zero-order valence-corrected chi connectivity index (χ0v) is 12.4. The van der Waals surface area contributed by atoms with Crippen LogP contribution in [0.3, 0.4) is 0 Å². The van der Waals surface area contributed by atoms with Crippen LogP contribution >= 0.6 is 11.8 Å². The molecule has 118 valence electrons. The Kier molecular flexibility index (Phi) is 4.74. The normalized spacial score (nSPS) is 11.6. The van der Waals surface area contributed by atoms with E-state index in [1.807, 2.05) is 19.1 Å². The van der Waals surface area contributed by atoms with Crippen LogP contribution in [0.25, 0.3) is 0 Å². The Morgan fingerprint density at radius 3 is 2.41 bits per heavy atom. The largest absolute Gasteiger partial charge is 0.453 e. The summed E-state index contributed by atoms with van der Waals surface area (Å²) in [7, 11) is 0. The highest BCUT2D eigenvalue weighted by Gasteiger charge is 2.38. The van der Waals surface area contributed by atoms with Crippen molar-refractivity contribution < 1.29 is 18.0 Å².